The average Bonchev–Trinajstić information content (AvgIpc) is 3.26. The molecular formula is C24H26F3N3O7S. The second kappa shape index (κ2) is 10.5. The van der Waals surface area contributed by atoms with Gasteiger partial charge in [0.05, 0.1) is 25.3 Å². The van der Waals surface area contributed by atoms with Crippen LogP contribution in [0.2, 0.25) is 0 Å². The number of carbonyl (C=O) groups excluding carboxylic acids is 1. The molecule has 0 aliphatic carbocycles. The second-order valence-electron chi connectivity index (χ2n) is 9.24. The number of rotatable bonds is 5. The molecule has 3 aliphatic rings. The number of ether oxygens (including phenoxy) is 2. The molecule has 5 rings (SSSR count). The number of hydrogen-bond donors (Lipinski definition) is 1. The standard InChI is InChI=1S/C22H25N3O5S.C2HF3O2/c1-29-18-6-2-4-16(10-18)7-9-25-15-22-14-24(21(26)17-5-3-8-23-12-17)13-19(30-22)11-20(22)31(25,27)28;3-2(4,5)1(6)7/h2-6,8,10,12,19-20H,7,9,11,13-15H2,1H3;(H,6,7)/t19-,20+,22+;/m1./s1. The lowest BCUT2D eigenvalue weighted by Crippen LogP contribution is -2.56. The summed E-state index contributed by atoms with van der Waals surface area (Å²) in [4.78, 5) is 27.6. The van der Waals surface area contributed by atoms with E-state index in [9.17, 15) is 26.4 Å². The summed E-state index contributed by atoms with van der Waals surface area (Å²) in [6, 6.07) is 11.1. The van der Waals surface area contributed by atoms with Gasteiger partial charge in [-0.05, 0) is 42.7 Å². The van der Waals surface area contributed by atoms with Crippen LogP contribution in [0.5, 0.6) is 5.75 Å². The van der Waals surface area contributed by atoms with Crippen LogP contribution in [-0.4, -0.2) is 96.0 Å². The van der Waals surface area contributed by atoms with Crippen molar-refractivity contribution in [3.63, 3.8) is 0 Å². The highest BCUT2D eigenvalue weighted by atomic mass is 32.2. The van der Waals surface area contributed by atoms with Gasteiger partial charge in [-0.3, -0.25) is 9.78 Å². The fraction of sp³-hybridized carbons (Fsp3) is 0.458. The van der Waals surface area contributed by atoms with E-state index >= 15 is 0 Å². The molecule has 0 radical (unpaired) electrons. The molecule has 38 heavy (non-hydrogen) atoms. The van der Waals surface area contributed by atoms with E-state index in [2.05, 4.69) is 4.98 Å². The maximum Gasteiger partial charge on any atom is 0.490 e. The Hall–Kier alpha value is -3.23. The van der Waals surface area contributed by atoms with Gasteiger partial charge in [-0.25, -0.2) is 13.2 Å². The molecule has 10 nitrogen and oxygen atoms in total. The predicted molar refractivity (Wildman–Crippen MR) is 127 cm³/mol. The van der Waals surface area contributed by atoms with E-state index in [1.54, 1.807) is 36.5 Å². The molecule has 3 atom stereocenters. The van der Waals surface area contributed by atoms with Crippen molar-refractivity contribution in [2.45, 2.75) is 36.0 Å². The minimum Gasteiger partial charge on any atom is -0.497 e. The van der Waals surface area contributed by atoms with Gasteiger partial charge in [-0.2, -0.15) is 17.5 Å². The highest BCUT2D eigenvalue weighted by molar-refractivity contribution is 7.90. The van der Waals surface area contributed by atoms with Gasteiger partial charge in [0, 0.05) is 32.0 Å². The molecule has 1 amide bonds. The zero-order chi connectivity index (χ0) is 27.7. The molecule has 3 fully saturated rings. The highest BCUT2D eigenvalue weighted by Gasteiger charge is 2.65. The molecule has 0 unspecified atom stereocenters. The lowest BCUT2D eigenvalue weighted by atomic mass is 9.99. The Morgan fingerprint density at radius 2 is 1.97 bits per heavy atom. The molecule has 4 heterocycles. The van der Waals surface area contributed by atoms with Crippen LogP contribution in [0.4, 0.5) is 13.2 Å². The number of carboxylic acid groups (broad SMARTS) is 1. The smallest absolute Gasteiger partial charge is 0.490 e. The van der Waals surface area contributed by atoms with Crippen LogP contribution < -0.4 is 4.74 Å². The Labute approximate surface area is 217 Å². The number of halogens is 3. The Morgan fingerprint density at radius 3 is 2.61 bits per heavy atom. The number of alkyl halides is 3. The third kappa shape index (κ3) is 5.61. The van der Waals surface area contributed by atoms with Crippen molar-refractivity contribution in [3.05, 3.63) is 59.9 Å². The summed E-state index contributed by atoms with van der Waals surface area (Å²) in [7, 11) is -1.89. The molecule has 206 valence electrons. The number of likely N-dealkylation sites (tertiary alicyclic amines) is 1. The largest absolute Gasteiger partial charge is 0.497 e. The maximum absolute atomic E-state index is 13.3. The van der Waals surface area contributed by atoms with Gasteiger partial charge in [0.1, 0.15) is 16.6 Å². The average molecular weight is 558 g/mol. The number of amides is 1. The molecule has 2 bridgehead atoms. The van der Waals surface area contributed by atoms with Crippen molar-refractivity contribution >= 4 is 21.9 Å². The fourth-order valence-electron chi connectivity index (χ4n) is 5.06. The van der Waals surface area contributed by atoms with Gasteiger partial charge in [-0.1, -0.05) is 12.1 Å². The molecule has 1 aromatic carbocycles. The van der Waals surface area contributed by atoms with Crippen molar-refractivity contribution in [2.75, 3.05) is 33.3 Å². The molecule has 1 N–H and O–H groups in total. The lowest BCUT2D eigenvalue weighted by Gasteiger charge is -2.39. The molecule has 0 saturated carbocycles. The molecule has 2 aromatic rings. The van der Waals surface area contributed by atoms with Crippen LogP contribution in [0.15, 0.2) is 48.8 Å². The first-order chi connectivity index (χ1) is 17.9. The van der Waals surface area contributed by atoms with Gasteiger partial charge < -0.3 is 19.5 Å². The fourth-order valence-corrected chi connectivity index (χ4v) is 7.37. The number of aliphatic carboxylic acids is 1. The summed E-state index contributed by atoms with van der Waals surface area (Å²) in [5.41, 5.74) is 0.654. The van der Waals surface area contributed by atoms with E-state index < -0.39 is 33.0 Å². The van der Waals surface area contributed by atoms with Gasteiger partial charge in [-0.15, -0.1) is 0 Å². The quantitative estimate of drug-likeness (QED) is 0.592. The van der Waals surface area contributed by atoms with Crippen LogP contribution in [0.1, 0.15) is 22.3 Å². The summed E-state index contributed by atoms with van der Waals surface area (Å²) < 4.78 is 71.4. The SMILES string of the molecule is COc1cccc(CCN2C[C@@]34CN(C(=O)c5cccnc5)C[C@@H](C[C@@H]3S2(=O)=O)O4)c1.O=C(O)C(F)(F)F. The van der Waals surface area contributed by atoms with Crippen LogP contribution >= 0.6 is 0 Å². The maximum atomic E-state index is 13.3. The number of aromatic nitrogens is 1. The van der Waals surface area contributed by atoms with Gasteiger partial charge >= 0.3 is 12.1 Å². The zero-order valence-corrected chi connectivity index (χ0v) is 21.1. The van der Waals surface area contributed by atoms with E-state index in [0.717, 1.165) is 11.3 Å². The monoisotopic (exact) mass is 557 g/mol. The van der Waals surface area contributed by atoms with Crippen LogP contribution in [0.3, 0.4) is 0 Å². The highest BCUT2D eigenvalue weighted by Crippen LogP contribution is 2.46. The third-order valence-electron chi connectivity index (χ3n) is 6.73. The van der Waals surface area contributed by atoms with E-state index in [4.69, 9.17) is 19.4 Å². The number of benzene rings is 1. The number of morpholine rings is 1. The third-order valence-corrected chi connectivity index (χ3v) is 9.11. The van der Waals surface area contributed by atoms with Crippen molar-refractivity contribution in [1.82, 2.24) is 14.2 Å². The lowest BCUT2D eigenvalue weighted by molar-refractivity contribution is -0.192. The Bertz CT molecular complexity index is 1290. The number of carboxylic acids is 1. The van der Waals surface area contributed by atoms with Crippen molar-refractivity contribution in [3.8, 4) is 5.75 Å². The first-order valence-corrected chi connectivity index (χ1v) is 13.2. The molecule has 1 spiro atoms. The number of nitrogens with zero attached hydrogens (tertiary/aromatic N) is 3. The summed E-state index contributed by atoms with van der Waals surface area (Å²) in [5, 5.41) is 6.52. The molecule has 14 heteroatoms. The summed E-state index contributed by atoms with van der Waals surface area (Å²) >= 11 is 0. The van der Waals surface area contributed by atoms with Crippen molar-refractivity contribution < 1.29 is 45.8 Å². The summed E-state index contributed by atoms with van der Waals surface area (Å²) in [5.74, 6) is -2.14. The first kappa shape index (κ1) is 27.8. The molecular weight excluding hydrogens is 531 g/mol. The minimum absolute atomic E-state index is 0.131. The number of fused-ring (bicyclic) bond motifs is 1. The van der Waals surface area contributed by atoms with E-state index in [0.29, 0.717) is 31.5 Å². The number of carbonyl (C=O) groups is 2. The summed E-state index contributed by atoms with van der Waals surface area (Å²) in [6.07, 6.45) is -1.16. The Balaban J connectivity index is 0.000000426. The van der Waals surface area contributed by atoms with E-state index in [1.807, 2.05) is 24.3 Å². The van der Waals surface area contributed by atoms with Crippen LogP contribution in [0.25, 0.3) is 0 Å². The van der Waals surface area contributed by atoms with Gasteiger partial charge in [0.15, 0.2) is 0 Å². The van der Waals surface area contributed by atoms with E-state index in [1.165, 1.54) is 4.31 Å². The van der Waals surface area contributed by atoms with E-state index in [-0.39, 0.29) is 25.1 Å². The number of sulfonamides is 1. The van der Waals surface area contributed by atoms with Crippen LogP contribution in [-0.2, 0) is 26.0 Å². The van der Waals surface area contributed by atoms with Crippen LogP contribution in [0, 0.1) is 0 Å². The van der Waals surface area contributed by atoms with Gasteiger partial charge in [0.25, 0.3) is 5.91 Å². The summed E-state index contributed by atoms with van der Waals surface area (Å²) in [6.45, 7) is 1.33. The Morgan fingerprint density at radius 1 is 1.24 bits per heavy atom. The Kier molecular flexibility index (Phi) is 7.68. The van der Waals surface area contributed by atoms with Crippen molar-refractivity contribution in [2.24, 2.45) is 0 Å². The topological polar surface area (TPSA) is 126 Å². The zero-order valence-electron chi connectivity index (χ0n) is 20.3. The van der Waals surface area contributed by atoms with Crippen molar-refractivity contribution in [1.29, 1.82) is 0 Å². The molecule has 3 aliphatic heterocycles. The molecule has 3 saturated heterocycles. The number of hydrogen-bond acceptors (Lipinski definition) is 7. The second-order valence-corrected chi connectivity index (χ2v) is 11.4. The minimum atomic E-state index is -5.08. The number of methoxy groups -OCH3 is 1. The normalized spacial score (nSPS) is 25.7. The molecule has 1 aromatic heterocycles. The number of pyridine rings is 1. The van der Waals surface area contributed by atoms with Gasteiger partial charge in [0.2, 0.25) is 10.0 Å². The first-order valence-electron chi connectivity index (χ1n) is 11.6. The predicted octanol–water partition coefficient (Wildman–Crippen LogP) is 1.96.